The monoisotopic (exact) mass is 1130 g/mol. The quantitative estimate of drug-likeness (QED) is 0.108. The fourth-order valence-electron chi connectivity index (χ4n) is 9.61. The molecule has 0 amide bonds. The fraction of sp³-hybridized carbons (Fsp3) is 0.462. The van der Waals surface area contributed by atoms with Crippen LogP contribution in [0.1, 0.15) is 95.9 Å². The molecular formula is C52H67ClI2O6Si2. The molecule has 2 aliphatic carbocycles. The lowest BCUT2D eigenvalue weighted by Crippen LogP contribution is -2.68. The Morgan fingerprint density at radius 3 is 1.27 bits per heavy atom. The minimum atomic E-state index is -2.68. The summed E-state index contributed by atoms with van der Waals surface area (Å²) in [5.41, 5.74) is 2.51. The second kappa shape index (κ2) is 19.9. The zero-order valence-electron chi connectivity index (χ0n) is 39.0. The van der Waals surface area contributed by atoms with Crippen LogP contribution < -0.4 is 20.7 Å². The van der Waals surface area contributed by atoms with E-state index < -0.39 is 33.4 Å². The van der Waals surface area contributed by atoms with Crippen molar-refractivity contribution in [1.29, 1.82) is 0 Å². The van der Waals surface area contributed by atoms with Crippen molar-refractivity contribution < 1.29 is 28.5 Å². The molecule has 11 heteroatoms. The second-order valence-corrected chi connectivity index (χ2v) is 32.0. The Bertz CT molecular complexity index is 2130. The van der Waals surface area contributed by atoms with E-state index in [1.54, 1.807) is 0 Å². The van der Waals surface area contributed by atoms with Crippen molar-refractivity contribution in [3.8, 4) is 0 Å². The molecule has 0 bridgehead atoms. The average Bonchev–Trinajstić information content (AvgIpc) is 3.89. The molecule has 0 aromatic heterocycles. The van der Waals surface area contributed by atoms with Gasteiger partial charge in [0.1, 0.15) is 36.6 Å². The summed E-state index contributed by atoms with van der Waals surface area (Å²) in [4.78, 5) is 0. The Hall–Kier alpha value is -1.70. The van der Waals surface area contributed by atoms with E-state index in [9.17, 15) is 5.11 Å². The van der Waals surface area contributed by atoms with E-state index in [2.05, 4.69) is 210 Å². The van der Waals surface area contributed by atoms with Crippen LogP contribution in [-0.4, -0.2) is 69.0 Å². The Labute approximate surface area is 411 Å². The number of rotatable bonds is 8. The topological polar surface area (TPSA) is 66.4 Å². The largest absolute Gasteiger partial charge is 0.397 e. The Morgan fingerprint density at radius 2 is 0.905 bits per heavy atom. The third kappa shape index (κ3) is 10.3. The minimum absolute atomic E-state index is 0.0323. The van der Waals surface area contributed by atoms with E-state index in [1.165, 1.54) is 35.5 Å². The summed E-state index contributed by atoms with van der Waals surface area (Å²) in [5.74, 6) is -1.16. The van der Waals surface area contributed by atoms with Crippen LogP contribution in [0.3, 0.4) is 0 Å². The third-order valence-electron chi connectivity index (χ3n) is 12.5. The minimum Gasteiger partial charge on any atom is -0.397 e. The number of aliphatic hydroxyl groups excluding tert-OH is 1. The van der Waals surface area contributed by atoms with E-state index in [0.29, 0.717) is 0 Å². The lowest BCUT2D eigenvalue weighted by Gasteiger charge is -2.45. The van der Waals surface area contributed by atoms with E-state index in [-0.39, 0.29) is 40.6 Å². The van der Waals surface area contributed by atoms with Gasteiger partial charge < -0.3 is 28.5 Å². The van der Waals surface area contributed by atoms with Crippen molar-refractivity contribution in [3.63, 3.8) is 0 Å². The molecule has 2 fully saturated rings. The second-order valence-electron chi connectivity index (χ2n) is 19.8. The lowest BCUT2D eigenvalue weighted by atomic mass is 10.1. The zero-order chi connectivity index (χ0) is 46.2. The van der Waals surface area contributed by atoms with Gasteiger partial charge in [0, 0.05) is 7.16 Å². The SMILES string of the molecule is CC(C)(C)[Si](Cl)(c1ccccc1)c1ccccc1.CCC1=C(I)[C@H](O)[C@@H]2OC(C)(C)O[C@H]12.CCC1=C(I)[C@H](O[Si](c2ccccc2)(c2ccccc2)C(C)(C)C)[C@@H]2OC(C)(C)O[C@H]12. The molecule has 6 atom stereocenters. The van der Waals surface area contributed by atoms with E-state index >= 15 is 0 Å². The highest BCUT2D eigenvalue weighted by atomic mass is 127. The average molecular weight is 1130 g/mol. The van der Waals surface area contributed by atoms with Crippen LogP contribution >= 0.6 is 56.3 Å². The summed E-state index contributed by atoms with van der Waals surface area (Å²) in [6, 6.07) is 42.7. The van der Waals surface area contributed by atoms with Crippen molar-refractivity contribution in [2.45, 2.75) is 154 Å². The van der Waals surface area contributed by atoms with Crippen LogP contribution in [0.4, 0.5) is 0 Å². The predicted octanol–water partition coefficient (Wildman–Crippen LogP) is 11.3. The first-order valence-electron chi connectivity index (χ1n) is 22.3. The standard InChI is InChI=1S/C26H33IO3Si.C16H19ClSi.C10H15IO3/c1-7-20-21(27)23(24-22(20)28-26(5,6)29-24)30-31(25(2,3)4,18-14-10-8-11-15-18)19-16-12-9-13-17-19;1-16(2,3)18(17,14-10-6-4-7-11-14)15-12-8-5-9-13-15;1-4-5-6(11)7(12)9-8(5)13-10(2,3)14-9/h8-17,22-24H,7H2,1-6H3;4-13H,1-3H3;7-9,12H,4H2,1-3H3/t22-,23+,24-;;7-,8+,9-/m1.0/s1. The highest BCUT2D eigenvalue weighted by molar-refractivity contribution is 14.1. The van der Waals surface area contributed by atoms with Crippen LogP contribution in [0.25, 0.3) is 0 Å². The van der Waals surface area contributed by atoms with Gasteiger partial charge in [0.15, 0.2) is 11.6 Å². The van der Waals surface area contributed by atoms with Crippen molar-refractivity contribution in [2.24, 2.45) is 0 Å². The number of ether oxygens (including phenoxy) is 4. The number of hydrogen-bond donors (Lipinski definition) is 1. The van der Waals surface area contributed by atoms with Crippen LogP contribution in [0.5, 0.6) is 0 Å². The summed E-state index contributed by atoms with van der Waals surface area (Å²) in [6.07, 6.45) is 0.832. The first kappa shape index (κ1) is 50.7. The van der Waals surface area contributed by atoms with E-state index in [0.717, 1.165) is 16.4 Å². The van der Waals surface area contributed by atoms with Crippen LogP contribution in [0, 0.1) is 0 Å². The van der Waals surface area contributed by atoms with Crippen molar-refractivity contribution in [3.05, 3.63) is 140 Å². The molecule has 8 rings (SSSR count). The number of fused-ring (bicyclic) bond motifs is 2. The summed E-state index contributed by atoms with van der Waals surface area (Å²) < 4.78 is 33.9. The smallest absolute Gasteiger partial charge is 0.262 e. The number of aliphatic hydroxyl groups is 1. The number of hydrogen-bond acceptors (Lipinski definition) is 6. The Morgan fingerprint density at radius 1 is 0.556 bits per heavy atom. The number of halogens is 3. The van der Waals surface area contributed by atoms with Crippen molar-refractivity contribution in [2.75, 3.05) is 0 Å². The van der Waals surface area contributed by atoms with Gasteiger partial charge in [0.2, 0.25) is 7.38 Å². The van der Waals surface area contributed by atoms with Crippen molar-refractivity contribution in [1.82, 2.24) is 0 Å². The summed E-state index contributed by atoms with van der Waals surface area (Å²) in [7, 11) is -4.91. The van der Waals surface area contributed by atoms with Crippen LogP contribution in [0.15, 0.2) is 140 Å². The Kier molecular flexibility index (Phi) is 16.0. The van der Waals surface area contributed by atoms with Gasteiger partial charge in [0.25, 0.3) is 8.32 Å². The highest BCUT2D eigenvalue weighted by Crippen LogP contribution is 2.49. The third-order valence-corrected chi connectivity index (χ3v) is 27.5. The van der Waals surface area contributed by atoms with Crippen LogP contribution in [-0.2, 0) is 23.4 Å². The maximum atomic E-state index is 9.93. The molecule has 0 unspecified atom stereocenters. The van der Waals surface area contributed by atoms with Gasteiger partial charge in [-0.1, -0.05) is 177 Å². The molecule has 0 saturated carbocycles. The van der Waals surface area contributed by atoms with Crippen molar-refractivity contribution >= 4 is 92.7 Å². The zero-order valence-corrected chi connectivity index (χ0v) is 46.1. The van der Waals surface area contributed by atoms with E-state index in [4.69, 9.17) is 34.5 Å². The fourth-order valence-corrected chi connectivity index (χ4v) is 20.8. The first-order chi connectivity index (χ1) is 29.5. The van der Waals surface area contributed by atoms with Gasteiger partial charge in [0.05, 0.1) is 0 Å². The molecular weight excluding hydrogens is 1070 g/mol. The first-order valence-corrected chi connectivity index (χ1v) is 29.4. The predicted molar refractivity (Wildman–Crippen MR) is 282 cm³/mol. The van der Waals surface area contributed by atoms with E-state index in [1.807, 2.05) is 39.8 Å². The van der Waals surface area contributed by atoms with Gasteiger partial charge in [-0.2, -0.15) is 11.1 Å². The maximum absolute atomic E-state index is 9.93. The molecule has 4 aromatic rings. The molecule has 1 N–H and O–H groups in total. The summed E-state index contributed by atoms with van der Waals surface area (Å²) in [5, 5.41) is 15.1. The normalized spacial score (nSPS) is 25.2. The van der Waals surface area contributed by atoms with Crippen LogP contribution in [0.2, 0.25) is 10.1 Å². The van der Waals surface area contributed by atoms with Gasteiger partial charge in [-0.3, -0.25) is 0 Å². The van der Waals surface area contributed by atoms with Gasteiger partial charge >= 0.3 is 0 Å². The Balaban J connectivity index is 0.000000174. The molecule has 2 heterocycles. The molecule has 4 aliphatic rings. The number of benzene rings is 4. The molecule has 2 aliphatic heterocycles. The highest BCUT2D eigenvalue weighted by Gasteiger charge is 2.59. The molecule has 6 nitrogen and oxygen atoms in total. The van der Waals surface area contributed by atoms with Gasteiger partial charge in [-0.05, 0) is 128 Å². The summed E-state index contributed by atoms with van der Waals surface area (Å²) in [6.45, 7) is 25.7. The lowest BCUT2D eigenvalue weighted by molar-refractivity contribution is -0.153. The maximum Gasteiger partial charge on any atom is 0.262 e. The summed E-state index contributed by atoms with van der Waals surface area (Å²) >= 11 is 11.9. The molecule has 0 radical (unpaired) electrons. The molecule has 2 saturated heterocycles. The van der Waals surface area contributed by atoms with Gasteiger partial charge in [-0.25, -0.2) is 0 Å². The molecule has 340 valence electrons. The molecule has 63 heavy (non-hydrogen) atoms. The van der Waals surface area contributed by atoms with Gasteiger partial charge in [-0.15, -0.1) is 0 Å². The molecule has 0 spiro atoms. The molecule has 4 aromatic carbocycles.